The highest BCUT2D eigenvalue weighted by atomic mass is 16.7. The fraction of sp³-hybridized carbons (Fsp3) is 0.353. The maximum Gasteiger partial charge on any atom is 0.289 e. The topological polar surface area (TPSA) is 149 Å². The molecular formula is C17H19N5O5. The summed E-state index contributed by atoms with van der Waals surface area (Å²) in [7, 11) is 0. The van der Waals surface area contributed by atoms with Crippen LogP contribution in [0.15, 0.2) is 43.0 Å². The van der Waals surface area contributed by atoms with Crippen LogP contribution in [0.25, 0.3) is 11.2 Å². The van der Waals surface area contributed by atoms with Gasteiger partial charge in [-0.25, -0.2) is 15.0 Å². The van der Waals surface area contributed by atoms with Gasteiger partial charge in [0, 0.05) is 0 Å². The second kappa shape index (κ2) is 6.83. The van der Waals surface area contributed by atoms with Gasteiger partial charge in [-0.15, -0.1) is 0 Å². The van der Waals surface area contributed by atoms with E-state index in [4.69, 9.17) is 15.2 Å². The van der Waals surface area contributed by atoms with Crippen LogP contribution in [0.1, 0.15) is 5.56 Å². The Morgan fingerprint density at radius 3 is 2.67 bits per heavy atom. The predicted octanol–water partition coefficient (Wildman–Crippen LogP) is -0.652. The highest BCUT2D eigenvalue weighted by molar-refractivity contribution is 5.81. The van der Waals surface area contributed by atoms with Crippen LogP contribution in [0.5, 0.6) is 0 Å². The molecule has 142 valence electrons. The number of aliphatic hydroxyl groups is 3. The Hall–Kier alpha value is -2.63. The number of hydrogen-bond donors (Lipinski definition) is 4. The van der Waals surface area contributed by atoms with E-state index in [-0.39, 0.29) is 18.1 Å². The SMILES string of the molecule is Nc1ncnc2c1ncn2[C@]1(OCc2ccccc2)O[C@H](CO)[C@@H](O)[C@H]1O. The Kier molecular flexibility index (Phi) is 4.50. The third-order valence-electron chi connectivity index (χ3n) is 4.56. The van der Waals surface area contributed by atoms with Crippen molar-refractivity contribution in [2.45, 2.75) is 30.8 Å². The molecule has 1 aromatic carbocycles. The summed E-state index contributed by atoms with van der Waals surface area (Å²) in [5.41, 5.74) is 7.23. The molecular weight excluding hydrogens is 354 g/mol. The number of imidazole rings is 1. The number of aliphatic hydroxyl groups excluding tert-OH is 3. The summed E-state index contributed by atoms with van der Waals surface area (Å²) < 4.78 is 13.1. The Balaban J connectivity index is 1.79. The van der Waals surface area contributed by atoms with Gasteiger partial charge in [0.1, 0.15) is 30.4 Å². The molecule has 10 nitrogen and oxygen atoms in total. The van der Waals surface area contributed by atoms with Gasteiger partial charge in [0.05, 0.1) is 13.2 Å². The first kappa shape index (κ1) is 17.8. The fourth-order valence-corrected chi connectivity index (χ4v) is 3.15. The van der Waals surface area contributed by atoms with E-state index in [1.807, 2.05) is 30.3 Å². The molecule has 4 rings (SSSR count). The monoisotopic (exact) mass is 373 g/mol. The third-order valence-corrected chi connectivity index (χ3v) is 4.56. The van der Waals surface area contributed by atoms with Crippen LogP contribution in [0, 0.1) is 0 Å². The lowest BCUT2D eigenvalue weighted by Gasteiger charge is -2.33. The molecule has 1 aliphatic rings. The van der Waals surface area contributed by atoms with E-state index in [9.17, 15) is 15.3 Å². The molecule has 2 aromatic heterocycles. The van der Waals surface area contributed by atoms with Gasteiger partial charge in [-0.2, -0.15) is 0 Å². The molecule has 10 heteroatoms. The van der Waals surface area contributed by atoms with Crippen LogP contribution in [0.2, 0.25) is 0 Å². The third kappa shape index (κ3) is 2.83. The molecule has 27 heavy (non-hydrogen) atoms. The number of ether oxygens (including phenoxy) is 2. The zero-order valence-corrected chi connectivity index (χ0v) is 14.2. The van der Waals surface area contributed by atoms with E-state index < -0.39 is 30.8 Å². The Bertz CT molecular complexity index is 936. The van der Waals surface area contributed by atoms with E-state index in [0.29, 0.717) is 5.52 Å². The molecule has 0 saturated carbocycles. The zero-order chi connectivity index (χ0) is 19.0. The molecule has 0 unspecified atom stereocenters. The van der Waals surface area contributed by atoms with Gasteiger partial charge in [0.2, 0.25) is 0 Å². The molecule has 1 aliphatic heterocycles. The summed E-state index contributed by atoms with van der Waals surface area (Å²) in [5, 5.41) is 30.6. The average molecular weight is 373 g/mol. The van der Waals surface area contributed by atoms with E-state index in [1.54, 1.807) is 0 Å². The molecule has 1 saturated heterocycles. The van der Waals surface area contributed by atoms with Crippen LogP contribution in [-0.4, -0.2) is 59.8 Å². The van der Waals surface area contributed by atoms with Crippen molar-refractivity contribution in [2.75, 3.05) is 12.3 Å². The summed E-state index contributed by atoms with van der Waals surface area (Å²) in [6.45, 7) is -0.429. The summed E-state index contributed by atoms with van der Waals surface area (Å²) in [5.74, 6) is -1.69. The number of fused-ring (bicyclic) bond motifs is 1. The fourth-order valence-electron chi connectivity index (χ4n) is 3.15. The maximum atomic E-state index is 10.8. The van der Waals surface area contributed by atoms with Gasteiger partial charge < -0.3 is 30.5 Å². The van der Waals surface area contributed by atoms with Gasteiger partial charge in [0.25, 0.3) is 5.91 Å². The zero-order valence-electron chi connectivity index (χ0n) is 14.2. The molecule has 1 fully saturated rings. The van der Waals surface area contributed by atoms with Crippen molar-refractivity contribution in [2.24, 2.45) is 0 Å². The van der Waals surface area contributed by atoms with Gasteiger partial charge in [-0.3, -0.25) is 4.57 Å². The molecule has 5 N–H and O–H groups in total. The highest BCUT2D eigenvalue weighted by Gasteiger charge is 2.57. The minimum atomic E-state index is -1.85. The normalized spacial score (nSPS) is 28.0. The molecule has 3 aromatic rings. The van der Waals surface area contributed by atoms with E-state index in [1.165, 1.54) is 17.2 Å². The number of nitrogen functional groups attached to an aromatic ring is 1. The van der Waals surface area contributed by atoms with Crippen LogP contribution in [-0.2, 0) is 22.0 Å². The highest BCUT2D eigenvalue weighted by Crippen LogP contribution is 2.39. The molecule has 0 bridgehead atoms. The first-order chi connectivity index (χ1) is 13.1. The second-order valence-corrected chi connectivity index (χ2v) is 6.22. The summed E-state index contributed by atoms with van der Waals surface area (Å²) in [6, 6.07) is 9.27. The molecule has 0 aliphatic carbocycles. The maximum absolute atomic E-state index is 10.8. The summed E-state index contributed by atoms with van der Waals surface area (Å²) in [4.78, 5) is 12.2. The van der Waals surface area contributed by atoms with Crippen LogP contribution >= 0.6 is 0 Å². The smallest absolute Gasteiger partial charge is 0.289 e. The van der Waals surface area contributed by atoms with Crippen molar-refractivity contribution in [3.63, 3.8) is 0 Å². The van der Waals surface area contributed by atoms with Crippen molar-refractivity contribution in [3.05, 3.63) is 48.5 Å². The molecule has 0 amide bonds. The molecule has 3 heterocycles. The summed E-state index contributed by atoms with van der Waals surface area (Å²) >= 11 is 0. The second-order valence-electron chi connectivity index (χ2n) is 6.22. The van der Waals surface area contributed by atoms with Crippen molar-refractivity contribution >= 4 is 17.0 Å². The van der Waals surface area contributed by atoms with E-state index in [0.717, 1.165) is 5.56 Å². The number of anilines is 1. The number of hydrogen-bond acceptors (Lipinski definition) is 9. The number of aromatic nitrogens is 4. The summed E-state index contributed by atoms with van der Waals surface area (Å²) in [6.07, 6.45) is -1.33. The molecule has 4 atom stereocenters. The van der Waals surface area contributed by atoms with Crippen molar-refractivity contribution < 1.29 is 24.8 Å². The van der Waals surface area contributed by atoms with E-state index >= 15 is 0 Å². The molecule has 0 spiro atoms. The van der Waals surface area contributed by atoms with Gasteiger partial charge in [-0.1, -0.05) is 30.3 Å². The van der Waals surface area contributed by atoms with Crippen LogP contribution in [0.3, 0.4) is 0 Å². The van der Waals surface area contributed by atoms with Crippen molar-refractivity contribution in [1.29, 1.82) is 0 Å². The van der Waals surface area contributed by atoms with Crippen LogP contribution in [0.4, 0.5) is 5.82 Å². The van der Waals surface area contributed by atoms with E-state index in [2.05, 4.69) is 15.0 Å². The first-order valence-electron chi connectivity index (χ1n) is 8.33. The first-order valence-corrected chi connectivity index (χ1v) is 8.33. The van der Waals surface area contributed by atoms with Crippen molar-refractivity contribution in [1.82, 2.24) is 19.5 Å². The number of rotatable bonds is 5. The lowest BCUT2D eigenvalue weighted by atomic mass is 10.1. The quantitative estimate of drug-likeness (QED) is 0.457. The Morgan fingerprint density at radius 2 is 1.96 bits per heavy atom. The number of benzene rings is 1. The number of nitrogens with zero attached hydrogens (tertiary/aromatic N) is 4. The predicted molar refractivity (Wildman–Crippen MR) is 92.9 cm³/mol. The Morgan fingerprint density at radius 1 is 1.19 bits per heavy atom. The Labute approximate surface area is 153 Å². The van der Waals surface area contributed by atoms with Crippen LogP contribution < -0.4 is 5.73 Å². The van der Waals surface area contributed by atoms with Gasteiger partial charge in [-0.05, 0) is 5.56 Å². The lowest BCUT2D eigenvalue weighted by Crippen LogP contribution is -2.47. The largest absolute Gasteiger partial charge is 0.394 e. The number of nitrogens with two attached hydrogens (primary N) is 1. The van der Waals surface area contributed by atoms with Gasteiger partial charge >= 0.3 is 0 Å². The standard InChI is InChI=1S/C17H19N5O5/c18-15-12-16(20-8-19-15)22(9-21-12)17(14(25)13(24)11(6-23)27-17)26-7-10-4-2-1-3-5-10/h1-5,8-9,11,13-14,23-25H,6-7H2,(H2,18,19,20)/t11-,13-,14-,17-/m1/s1. The van der Waals surface area contributed by atoms with Crippen molar-refractivity contribution in [3.8, 4) is 0 Å². The minimum Gasteiger partial charge on any atom is -0.394 e. The average Bonchev–Trinajstić information content (AvgIpc) is 3.23. The minimum absolute atomic E-state index is 0.0724. The lowest BCUT2D eigenvalue weighted by molar-refractivity contribution is -0.319. The molecule has 0 radical (unpaired) electrons. The van der Waals surface area contributed by atoms with Gasteiger partial charge in [0.15, 0.2) is 17.6 Å².